The molecule has 0 saturated heterocycles. The molecule has 0 aromatic heterocycles. The van der Waals surface area contributed by atoms with Gasteiger partial charge in [0.15, 0.2) is 5.11 Å². The number of aryl methyl sites for hydroxylation is 1. The summed E-state index contributed by atoms with van der Waals surface area (Å²) in [6, 6.07) is 8.28. The first-order valence-electron chi connectivity index (χ1n) is 11.6. The first-order chi connectivity index (χ1) is 15.5. The van der Waals surface area contributed by atoms with Crippen molar-refractivity contribution in [1.29, 1.82) is 0 Å². The molecule has 4 N–H and O–H groups in total. The van der Waals surface area contributed by atoms with Gasteiger partial charge in [-0.15, -0.1) is 0 Å². The lowest BCUT2D eigenvalue weighted by Crippen LogP contribution is -2.38. The molecule has 1 aliphatic rings. The van der Waals surface area contributed by atoms with E-state index in [-0.39, 0.29) is 30.6 Å². The summed E-state index contributed by atoms with van der Waals surface area (Å²) in [4.78, 5) is 34.0. The van der Waals surface area contributed by atoms with Crippen molar-refractivity contribution < 1.29 is 14.4 Å². The second kappa shape index (κ2) is 14.6. The molecule has 1 aliphatic carbocycles. The summed E-state index contributed by atoms with van der Waals surface area (Å²) in [5, 5.41) is 12.9. The van der Waals surface area contributed by atoms with Crippen LogP contribution in [0.1, 0.15) is 57.4 Å². The van der Waals surface area contributed by atoms with Crippen LogP contribution in [0.3, 0.4) is 0 Å². The minimum atomic E-state index is -0.126. The smallest absolute Gasteiger partial charge is 0.223 e. The lowest BCUT2D eigenvalue weighted by atomic mass is 9.81. The molecule has 176 valence electrons. The normalized spacial score (nSPS) is 17.8. The molecule has 1 aromatic rings. The van der Waals surface area contributed by atoms with Gasteiger partial charge in [0.2, 0.25) is 11.8 Å². The fourth-order valence-electron chi connectivity index (χ4n) is 3.82. The van der Waals surface area contributed by atoms with Crippen molar-refractivity contribution in [2.45, 2.75) is 58.3 Å². The Morgan fingerprint density at radius 3 is 2.38 bits per heavy atom. The molecule has 1 saturated carbocycles. The number of anilines is 1. The molecule has 0 radical (unpaired) electrons. The molecule has 0 atom stereocenters. The summed E-state index contributed by atoms with van der Waals surface area (Å²) in [5.74, 6) is 0.564. The maximum absolute atomic E-state index is 12.4. The average Bonchev–Trinajstić information content (AvgIpc) is 2.82. The van der Waals surface area contributed by atoms with Gasteiger partial charge in [-0.1, -0.05) is 19.1 Å². The third-order valence-corrected chi connectivity index (χ3v) is 6.10. The highest BCUT2D eigenvalue weighted by Gasteiger charge is 2.26. The van der Waals surface area contributed by atoms with Crippen LogP contribution in [-0.2, 0) is 20.8 Å². The molecular weight excluding hydrogens is 424 g/mol. The fourth-order valence-corrected chi connectivity index (χ4v) is 4.02. The summed E-state index contributed by atoms with van der Waals surface area (Å²) < 4.78 is 0. The maximum Gasteiger partial charge on any atom is 0.223 e. The van der Waals surface area contributed by atoms with Gasteiger partial charge in [0.25, 0.3) is 0 Å². The van der Waals surface area contributed by atoms with E-state index in [2.05, 4.69) is 40.3 Å². The minimum Gasteiger partial charge on any atom is -0.362 e. The Kier molecular flexibility index (Phi) is 11.7. The topological polar surface area (TPSA) is 99.3 Å². The van der Waals surface area contributed by atoms with E-state index >= 15 is 0 Å². The van der Waals surface area contributed by atoms with Crippen LogP contribution in [0.5, 0.6) is 0 Å². The first-order valence-corrected chi connectivity index (χ1v) is 12.0. The van der Waals surface area contributed by atoms with Crippen LogP contribution in [0.4, 0.5) is 5.69 Å². The Labute approximate surface area is 196 Å². The van der Waals surface area contributed by atoms with Crippen LogP contribution in [0.2, 0.25) is 0 Å². The van der Waals surface area contributed by atoms with Gasteiger partial charge < -0.3 is 26.1 Å². The molecule has 0 unspecified atom stereocenters. The number of carbonyl (C=O) groups is 3. The zero-order valence-corrected chi connectivity index (χ0v) is 19.8. The van der Waals surface area contributed by atoms with Crippen LogP contribution < -0.4 is 21.3 Å². The fraction of sp³-hybridized carbons (Fsp3) is 0.583. The van der Waals surface area contributed by atoms with E-state index < -0.39 is 0 Å². The van der Waals surface area contributed by atoms with Gasteiger partial charge in [0, 0.05) is 44.1 Å². The van der Waals surface area contributed by atoms with Crippen molar-refractivity contribution in [3.8, 4) is 0 Å². The molecule has 0 heterocycles. The van der Waals surface area contributed by atoms with E-state index in [0.29, 0.717) is 30.5 Å². The number of benzene rings is 1. The van der Waals surface area contributed by atoms with E-state index in [4.69, 9.17) is 12.2 Å². The zero-order chi connectivity index (χ0) is 23.2. The van der Waals surface area contributed by atoms with Crippen LogP contribution in [0.25, 0.3) is 0 Å². The number of hydrogen-bond donors (Lipinski definition) is 4. The van der Waals surface area contributed by atoms with Crippen molar-refractivity contribution >= 4 is 41.1 Å². The highest BCUT2D eigenvalue weighted by atomic mass is 32.1. The maximum atomic E-state index is 12.4. The van der Waals surface area contributed by atoms with Crippen molar-refractivity contribution in [2.24, 2.45) is 11.8 Å². The lowest BCUT2D eigenvalue weighted by Gasteiger charge is -2.28. The molecule has 0 bridgehead atoms. The van der Waals surface area contributed by atoms with Gasteiger partial charge in [-0.05, 0) is 74.4 Å². The van der Waals surface area contributed by atoms with E-state index in [1.807, 2.05) is 12.1 Å². The molecule has 1 fully saturated rings. The quantitative estimate of drug-likeness (QED) is 0.217. The number of aldehydes is 1. The van der Waals surface area contributed by atoms with Crippen molar-refractivity contribution in [3.63, 3.8) is 0 Å². The molecule has 32 heavy (non-hydrogen) atoms. The summed E-state index contributed by atoms with van der Waals surface area (Å²) in [5.41, 5.74) is 2.29. The summed E-state index contributed by atoms with van der Waals surface area (Å²) >= 11 is 5.41. The van der Waals surface area contributed by atoms with E-state index in [1.54, 1.807) is 0 Å². The molecule has 2 amide bonds. The largest absolute Gasteiger partial charge is 0.362 e. The molecule has 7 nitrogen and oxygen atoms in total. The highest BCUT2D eigenvalue weighted by Crippen LogP contribution is 2.28. The Balaban J connectivity index is 1.55. The number of hydrogen-bond acceptors (Lipinski definition) is 4. The minimum absolute atomic E-state index is 0.0654. The van der Waals surface area contributed by atoms with Gasteiger partial charge in [0.05, 0.1) is 0 Å². The van der Waals surface area contributed by atoms with Gasteiger partial charge >= 0.3 is 0 Å². The summed E-state index contributed by atoms with van der Waals surface area (Å²) in [6.07, 6.45) is 6.70. The Bertz CT molecular complexity index is 746. The van der Waals surface area contributed by atoms with Crippen LogP contribution in [0, 0.1) is 11.8 Å². The van der Waals surface area contributed by atoms with Gasteiger partial charge in [0.1, 0.15) is 6.29 Å². The molecule has 1 aromatic carbocycles. The number of amides is 2. The second-order valence-electron chi connectivity index (χ2n) is 8.30. The summed E-state index contributed by atoms with van der Waals surface area (Å²) in [6.45, 7) is 4.01. The number of thiocarbonyl (C=S) groups is 1. The van der Waals surface area contributed by atoms with Crippen LogP contribution in [0.15, 0.2) is 24.3 Å². The van der Waals surface area contributed by atoms with Crippen molar-refractivity contribution in [3.05, 3.63) is 29.8 Å². The van der Waals surface area contributed by atoms with E-state index in [9.17, 15) is 14.4 Å². The summed E-state index contributed by atoms with van der Waals surface area (Å²) in [7, 11) is 0. The average molecular weight is 461 g/mol. The van der Waals surface area contributed by atoms with Gasteiger partial charge in [-0.25, -0.2) is 0 Å². The van der Waals surface area contributed by atoms with Crippen molar-refractivity contribution in [2.75, 3.05) is 25.0 Å². The molecule has 0 aliphatic heterocycles. The standard InChI is InChI=1S/C24H36N4O3S/c1-2-18-8-12-21(13-9-18)28-24(32)27-17-19-6-10-20(11-7-19)23(31)26-15-4-14-25-22(30)5-3-16-29/h8-9,12-13,16,19-20H,2-7,10-11,14-15,17H2,1H3,(H,25,30)(H,26,31)(H2,27,28,32). The predicted molar refractivity (Wildman–Crippen MR) is 131 cm³/mol. The molecular formula is C24H36N4O3S. The molecule has 8 heteroatoms. The third-order valence-electron chi connectivity index (χ3n) is 5.85. The Morgan fingerprint density at radius 2 is 1.72 bits per heavy atom. The third kappa shape index (κ3) is 9.77. The highest BCUT2D eigenvalue weighted by molar-refractivity contribution is 7.80. The number of rotatable bonds is 12. The van der Waals surface area contributed by atoms with E-state index in [1.165, 1.54) is 5.56 Å². The van der Waals surface area contributed by atoms with E-state index in [0.717, 1.165) is 50.6 Å². The Morgan fingerprint density at radius 1 is 1.03 bits per heavy atom. The van der Waals surface area contributed by atoms with Gasteiger partial charge in [-0.3, -0.25) is 9.59 Å². The van der Waals surface area contributed by atoms with Crippen LogP contribution in [-0.4, -0.2) is 42.8 Å². The lowest BCUT2D eigenvalue weighted by molar-refractivity contribution is -0.126. The van der Waals surface area contributed by atoms with Crippen LogP contribution >= 0.6 is 12.2 Å². The molecule has 2 rings (SSSR count). The zero-order valence-electron chi connectivity index (χ0n) is 19.0. The Hall–Kier alpha value is -2.48. The SMILES string of the molecule is CCc1ccc(NC(=S)NCC2CCC(C(=O)NCCCNC(=O)CCC=O)CC2)cc1. The van der Waals surface area contributed by atoms with Gasteiger partial charge in [-0.2, -0.15) is 0 Å². The number of carbonyl (C=O) groups excluding carboxylic acids is 3. The second-order valence-corrected chi connectivity index (χ2v) is 8.71. The first kappa shape index (κ1) is 25.8. The van der Waals surface area contributed by atoms with Crippen molar-refractivity contribution in [1.82, 2.24) is 16.0 Å². The monoisotopic (exact) mass is 460 g/mol. The predicted octanol–water partition coefficient (Wildman–Crippen LogP) is 2.94. The molecule has 0 spiro atoms. The number of nitrogens with one attached hydrogen (secondary N) is 4.